The summed E-state index contributed by atoms with van der Waals surface area (Å²) in [5.41, 5.74) is 2.62. The average Bonchev–Trinajstić information content (AvgIpc) is 3.25. The Morgan fingerprint density at radius 1 is 0.912 bits per heavy atom. The molecule has 0 saturated carbocycles. The van der Waals surface area contributed by atoms with Crippen LogP contribution in [0.2, 0.25) is 15.1 Å². The first-order valence-corrected chi connectivity index (χ1v) is 11.7. The number of nitro benzene ring substituents is 1. The van der Waals surface area contributed by atoms with Gasteiger partial charge in [-0.25, -0.2) is 0 Å². The number of nitro groups is 1. The van der Waals surface area contributed by atoms with Crippen molar-refractivity contribution in [1.82, 2.24) is 9.80 Å². The smallest absolute Gasteiger partial charge is 0.274 e. The lowest BCUT2D eigenvalue weighted by Gasteiger charge is -2.27. The molecule has 1 aliphatic heterocycles. The Balaban J connectivity index is 1.44. The number of hydrogen-bond acceptors (Lipinski definition) is 5. The summed E-state index contributed by atoms with van der Waals surface area (Å²) in [5, 5.41) is 13.1. The molecule has 1 unspecified atom stereocenters. The van der Waals surface area contributed by atoms with Crippen molar-refractivity contribution in [2.45, 2.75) is 19.3 Å². The van der Waals surface area contributed by atoms with Gasteiger partial charge < -0.3 is 14.5 Å². The normalized spacial score (nSPS) is 14.0. The Morgan fingerprint density at radius 3 is 2.35 bits per heavy atom. The number of para-hydroxylation sites is 1. The summed E-state index contributed by atoms with van der Waals surface area (Å²) in [5.74, 6) is 0. The summed E-state index contributed by atoms with van der Waals surface area (Å²) < 4.78 is 6.29. The minimum atomic E-state index is -0.348. The highest BCUT2D eigenvalue weighted by Crippen LogP contribution is 2.28. The number of halogens is 3. The third kappa shape index (κ3) is 6.21. The zero-order chi connectivity index (χ0) is 24.1. The molecule has 0 saturated heterocycles. The Labute approximate surface area is 213 Å². The van der Waals surface area contributed by atoms with E-state index in [4.69, 9.17) is 39.5 Å². The molecular weight excluding hydrogens is 497 g/mol. The molecule has 9 heteroatoms. The van der Waals surface area contributed by atoms with Crippen molar-refractivity contribution < 1.29 is 9.66 Å². The van der Waals surface area contributed by atoms with Gasteiger partial charge in [-0.15, -0.1) is 0 Å². The van der Waals surface area contributed by atoms with Crippen LogP contribution in [-0.2, 0) is 17.9 Å². The van der Waals surface area contributed by atoms with Gasteiger partial charge in [0.1, 0.15) is 6.10 Å². The van der Waals surface area contributed by atoms with Crippen LogP contribution in [0.4, 0.5) is 5.69 Å². The van der Waals surface area contributed by atoms with E-state index in [-0.39, 0.29) is 16.7 Å². The van der Waals surface area contributed by atoms with E-state index in [0.29, 0.717) is 47.0 Å². The third-order valence-corrected chi connectivity index (χ3v) is 6.35. The second-order valence-electron chi connectivity index (χ2n) is 7.93. The third-order valence-electron chi connectivity index (χ3n) is 5.51. The van der Waals surface area contributed by atoms with E-state index in [1.807, 2.05) is 53.7 Å². The van der Waals surface area contributed by atoms with Crippen LogP contribution in [0, 0.1) is 10.1 Å². The van der Waals surface area contributed by atoms with Crippen molar-refractivity contribution in [1.29, 1.82) is 0 Å². The number of rotatable bonds is 9. The molecule has 0 spiro atoms. The van der Waals surface area contributed by atoms with Crippen molar-refractivity contribution in [3.63, 3.8) is 0 Å². The van der Waals surface area contributed by atoms with Gasteiger partial charge in [-0.1, -0.05) is 71.2 Å². The molecule has 34 heavy (non-hydrogen) atoms. The van der Waals surface area contributed by atoms with E-state index in [1.165, 1.54) is 6.07 Å². The summed E-state index contributed by atoms with van der Waals surface area (Å²) in [6.07, 6.45) is 3.65. The van der Waals surface area contributed by atoms with Gasteiger partial charge in [-0.2, -0.15) is 0 Å². The van der Waals surface area contributed by atoms with Gasteiger partial charge in [0, 0.05) is 45.6 Å². The van der Waals surface area contributed by atoms with Crippen LogP contribution in [0.15, 0.2) is 79.1 Å². The molecular formula is C25H22Cl3N3O3. The highest BCUT2D eigenvalue weighted by Gasteiger charge is 2.22. The molecule has 3 aromatic carbocycles. The summed E-state index contributed by atoms with van der Waals surface area (Å²) >= 11 is 18.4. The number of nitrogens with zero attached hydrogens (tertiary/aromatic N) is 3. The molecule has 0 aromatic heterocycles. The molecule has 0 N–H and O–H groups in total. The van der Waals surface area contributed by atoms with Crippen molar-refractivity contribution >= 4 is 40.5 Å². The highest BCUT2D eigenvalue weighted by molar-refractivity contribution is 6.35. The van der Waals surface area contributed by atoms with Crippen molar-refractivity contribution in [2.75, 3.05) is 13.2 Å². The predicted molar refractivity (Wildman–Crippen MR) is 135 cm³/mol. The van der Waals surface area contributed by atoms with E-state index in [0.717, 1.165) is 11.1 Å². The maximum atomic E-state index is 11.3. The van der Waals surface area contributed by atoms with E-state index < -0.39 is 0 Å². The fourth-order valence-corrected chi connectivity index (χ4v) is 4.34. The molecule has 0 radical (unpaired) electrons. The Hall–Kier alpha value is -2.77. The molecule has 1 heterocycles. The first-order chi connectivity index (χ1) is 16.4. The van der Waals surface area contributed by atoms with Crippen LogP contribution >= 0.6 is 34.8 Å². The molecule has 0 fully saturated rings. The van der Waals surface area contributed by atoms with Crippen LogP contribution in [0.3, 0.4) is 0 Å². The summed E-state index contributed by atoms with van der Waals surface area (Å²) in [4.78, 5) is 15.1. The largest absolute Gasteiger partial charge is 0.367 e. The van der Waals surface area contributed by atoms with Gasteiger partial charge in [-0.3, -0.25) is 10.1 Å². The lowest BCUT2D eigenvalue weighted by molar-refractivity contribution is -0.385. The minimum absolute atomic E-state index is 0.122. The van der Waals surface area contributed by atoms with Crippen LogP contribution in [0.25, 0.3) is 0 Å². The number of benzene rings is 3. The van der Waals surface area contributed by atoms with Crippen LogP contribution in [0.1, 0.15) is 22.8 Å². The zero-order valence-electron chi connectivity index (χ0n) is 18.1. The zero-order valence-corrected chi connectivity index (χ0v) is 20.4. The molecule has 0 bridgehead atoms. The fourth-order valence-electron chi connectivity index (χ4n) is 3.75. The second-order valence-corrected chi connectivity index (χ2v) is 9.21. The molecule has 1 aliphatic rings. The van der Waals surface area contributed by atoms with Crippen LogP contribution < -0.4 is 0 Å². The highest BCUT2D eigenvalue weighted by atomic mass is 35.5. The SMILES string of the molecule is O=[N+]([O-])c1ccccc1CN1C=CN(CC(OCc2ccc(Cl)cc2Cl)c2ccc(Cl)cc2)C1. The minimum Gasteiger partial charge on any atom is -0.367 e. The van der Waals surface area contributed by atoms with E-state index in [9.17, 15) is 10.1 Å². The average molecular weight is 519 g/mol. The topological polar surface area (TPSA) is 58.9 Å². The van der Waals surface area contributed by atoms with Gasteiger partial charge in [0.15, 0.2) is 0 Å². The first kappa shape index (κ1) is 24.4. The second kappa shape index (κ2) is 11.1. The molecule has 1 atom stereocenters. The van der Waals surface area contributed by atoms with Crippen molar-refractivity contribution in [3.8, 4) is 0 Å². The Kier molecular flexibility index (Phi) is 7.95. The fraction of sp³-hybridized carbons (Fsp3) is 0.200. The van der Waals surface area contributed by atoms with E-state index in [1.54, 1.807) is 24.3 Å². The van der Waals surface area contributed by atoms with Crippen LogP contribution in [0.5, 0.6) is 0 Å². The maximum Gasteiger partial charge on any atom is 0.274 e. The van der Waals surface area contributed by atoms with Crippen molar-refractivity contribution in [3.05, 3.63) is 121 Å². The lowest BCUT2D eigenvalue weighted by Crippen LogP contribution is -2.29. The van der Waals surface area contributed by atoms with E-state index in [2.05, 4.69) is 4.90 Å². The summed E-state index contributed by atoms with van der Waals surface area (Å²) in [6.45, 7) is 1.93. The van der Waals surface area contributed by atoms with Gasteiger partial charge in [0.05, 0.1) is 24.7 Å². The van der Waals surface area contributed by atoms with Crippen molar-refractivity contribution in [2.24, 2.45) is 0 Å². The summed E-state index contributed by atoms with van der Waals surface area (Å²) in [6, 6.07) is 19.7. The lowest BCUT2D eigenvalue weighted by atomic mass is 10.1. The Bertz CT molecular complexity index is 1190. The molecule has 0 amide bonds. The Morgan fingerprint density at radius 2 is 1.62 bits per heavy atom. The standard InChI is InChI=1S/C25H22Cl3N3O3/c26-21-8-5-18(6-9-21)25(34-16-20-7-10-22(27)13-23(20)28)15-30-12-11-29(17-30)14-19-3-1-2-4-24(19)31(32)33/h1-13,25H,14-17H2. The van der Waals surface area contributed by atoms with Crippen LogP contribution in [-0.4, -0.2) is 27.9 Å². The quantitative estimate of drug-likeness (QED) is 0.224. The molecule has 176 valence electrons. The van der Waals surface area contributed by atoms with E-state index >= 15 is 0 Å². The molecule has 4 rings (SSSR count). The monoisotopic (exact) mass is 517 g/mol. The summed E-state index contributed by atoms with van der Waals surface area (Å²) in [7, 11) is 0. The molecule has 3 aromatic rings. The number of hydrogen-bond donors (Lipinski definition) is 0. The van der Waals surface area contributed by atoms with Gasteiger partial charge in [-0.05, 0) is 35.4 Å². The van der Waals surface area contributed by atoms with Gasteiger partial charge in [0.2, 0.25) is 0 Å². The molecule has 0 aliphatic carbocycles. The first-order valence-electron chi connectivity index (χ1n) is 10.6. The molecule has 6 nitrogen and oxygen atoms in total. The number of ether oxygens (including phenoxy) is 1. The predicted octanol–water partition coefficient (Wildman–Crippen LogP) is 7.06. The van der Waals surface area contributed by atoms with Gasteiger partial charge >= 0.3 is 0 Å². The van der Waals surface area contributed by atoms with Gasteiger partial charge in [0.25, 0.3) is 5.69 Å². The maximum absolute atomic E-state index is 11.3.